The molecule has 1 aromatic carbocycles. The number of hydrogen-bond donors (Lipinski definition) is 3. The molecule has 1 atom stereocenters. The van der Waals surface area contributed by atoms with E-state index in [-0.39, 0.29) is 18.3 Å². The number of anilines is 1. The molecule has 0 saturated heterocycles. The van der Waals surface area contributed by atoms with Crippen LogP contribution in [0.4, 0.5) is 5.13 Å². The van der Waals surface area contributed by atoms with Gasteiger partial charge in [0, 0.05) is 24.4 Å². The number of rotatable bonds is 7. The van der Waals surface area contributed by atoms with Crippen LogP contribution in [-0.2, 0) is 11.2 Å². The van der Waals surface area contributed by atoms with Crippen LogP contribution in [0.25, 0.3) is 10.2 Å². The molecule has 24 heavy (non-hydrogen) atoms. The van der Waals surface area contributed by atoms with E-state index in [4.69, 9.17) is 5.73 Å². The monoisotopic (exact) mass is 382 g/mol. The number of carbonyl (C=O) groups excluding carboxylic acids is 1. The Hall–Kier alpha value is -1.67. The number of halogens is 1. The minimum Gasteiger partial charge on any atom is -0.360 e. The third-order valence-corrected chi connectivity index (χ3v) is 5.23. The maximum atomic E-state index is 11.9. The molecule has 0 saturated carbocycles. The Morgan fingerprint density at radius 3 is 2.79 bits per heavy atom. The minimum absolute atomic E-state index is 0. The Balaban J connectivity index is 0.00000208. The summed E-state index contributed by atoms with van der Waals surface area (Å²) in [6.07, 6.45) is 0.578. The SMILES string of the molecule is Cl.NC(Cc1cccs1)C(=O)NCCNc1nc2ccccc2s1. The van der Waals surface area contributed by atoms with Crippen molar-refractivity contribution in [3.8, 4) is 0 Å². The van der Waals surface area contributed by atoms with Gasteiger partial charge in [-0.3, -0.25) is 4.79 Å². The number of nitrogens with zero attached hydrogens (tertiary/aromatic N) is 1. The summed E-state index contributed by atoms with van der Waals surface area (Å²) in [4.78, 5) is 17.6. The van der Waals surface area contributed by atoms with Crippen molar-refractivity contribution in [3.63, 3.8) is 0 Å². The van der Waals surface area contributed by atoms with Gasteiger partial charge in [0.05, 0.1) is 16.3 Å². The third kappa shape index (κ3) is 4.91. The highest BCUT2D eigenvalue weighted by molar-refractivity contribution is 7.22. The summed E-state index contributed by atoms with van der Waals surface area (Å²) < 4.78 is 1.15. The Kier molecular flexibility index (Phi) is 6.99. The summed E-state index contributed by atoms with van der Waals surface area (Å²) in [7, 11) is 0. The van der Waals surface area contributed by atoms with E-state index in [1.165, 1.54) is 0 Å². The highest BCUT2D eigenvalue weighted by atomic mass is 35.5. The summed E-state index contributed by atoms with van der Waals surface area (Å²) in [6.45, 7) is 1.14. The Morgan fingerprint density at radius 2 is 2.04 bits per heavy atom. The number of nitrogens with one attached hydrogen (secondary N) is 2. The first-order chi connectivity index (χ1) is 11.2. The van der Waals surface area contributed by atoms with Crippen LogP contribution in [0.1, 0.15) is 4.88 Å². The average molecular weight is 383 g/mol. The smallest absolute Gasteiger partial charge is 0.237 e. The van der Waals surface area contributed by atoms with Crippen LogP contribution in [-0.4, -0.2) is 30.0 Å². The first-order valence-electron chi connectivity index (χ1n) is 7.37. The van der Waals surface area contributed by atoms with Crippen LogP contribution in [0.3, 0.4) is 0 Å². The van der Waals surface area contributed by atoms with E-state index in [2.05, 4.69) is 15.6 Å². The molecule has 0 aliphatic carbocycles. The zero-order valence-electron chi connectivity index (χ0n) is 12.9. The second-order valence-electron chi connectivity index (χ2n) is 5.09. The summed E-state index contributed by atoms with van der Waals surface area (Å²) in [5.74, 6) is -0.121. The summed E-state index contributed by atoms with van der Waals surface area (Å²) >= 11 is 3.22. The number of amides is 1. The molecule has 2 aromatic heterocycles. The van der Waals surface area contributed by atoms with Crippen molar-refractivity contribution in [1.29, 1.82) is 0 Å². The number of hydrogen-bond acceptors (Lipinski definition) is 6. The van der Waals surface area contributed by atoms with Crippen LogP contribution in [0.2, 0.25) is 0 Å². The van der Waals surface area contributed by atoms with Gasteiger partial charge in [-0.15, -0.1) is 23.7 Å². The maximum Gasteiger partial charge on any atom is 0.237 e. The number of thiophene rings is 1. The van der Waals surface area contributed by atoms with Crippen molar-refractivity contribution < 1.29 is 4.79 Å². The van der Waals surface area contributed by atoms with Gasteiger partial charge in [0.15, 0.2) is 5.13 Å². The van der Waals surface area contributed by atoms with Gasteiger partial charge >= 0.3 is 0 Å². The van der Waals surface area contributed by atoms with E-state index in [0.717, 1.165) is 20.2 Å². The van der Waals surface area contributed by atoms with E-state index in [9.17, 15) is 4.79 Å². The van der Waals surface area contributed by atoms with Crippen LogP contribution < -0.4 is 16.4 Å². The quantitative estimate of drug-likeness (QED) is 0.549. The number of fused-ring (bicyclic) bond motifs is 1. The highest BCUT2D eigenvalue weighted by Gasteiger charge is 2.13. The van der Waals surface area contributed by atoms with Crippen molar-refractivity contribution >= 4 is 56.3 Å². The first kappa shape index (κ1) is 18.7. The van der Waals surface area contributed by atoms with Crippen LogP contribution in [0.15, 0.2) is 41.8 Å². The second kappa shape index (κ2) is 8.98. The number of carbonyl (C=O) groups is 1. The van der Waals surface area contributed by atoms with Gasteiger partial charge in [0.2, 0.25) is 5.91 Å². The topological polar surface area (TPSA) is 80.0 Å². The van der Waals surface area contributed by atoms with Crippen molar-refractivity contribution in [1.82, 2.24) is 10.3 Å². The fraction of sp³-hybridized carbons (Fsp3) is 0.250. The molecule has 0 fully saturated rings. The molecule has 8 heteroatoms. The molecule has 2 heterocycles. The molecule has 3 rings (SSSR count). The zero-order chi connectivity index (χ0) is 16.1. The molecule has 0 aliphatic rings. The molecule has 128 valence electrons. The summed E-state index contributed by atoms with van der Waals surface area (Å²) in [5.41, 5.74) is 6.90. The Bertz CT molecular complexity index is 742. The molecule has 0 radical (unpaired) electrons. The fourth-order valence-electron chi connectivity index (χ4n) is 2.17. The maximum absolute atomic E-state index is 11.9. The average Bonchev–Trinajstić information content (AvgIpc) is 3.19. The van der Waals surface area contributed by atoms with Gasteiger partial charge < -0.3 is 16.4 Å². The molecule has 0 spiro atoms. The van der Waals surface area contributed by atoms with E-state index < -0.39 is 6.04 Å². The van der Waals surface area contributed by atoms with Crippen molar-refractivity contribution in [2.75, 3.05) is 18.4 Å². The predicted molar refractivity (Wildman–Crippen MR) is 104 cm³/mol. The summed E-state index contributed by atoms with van der Waals surface area (Å²) in [6, 6.07) is 11.5. The molecule has 0 aliphatic heterocycles. The normalized spacial score (nSPS) is 11.7. The molecule has 1 amide bonds. The molecule has 3 aromatic rings. The van der Waals surface area contributed by atoms with E-state index in [1.807, 2.05) is 41.8 Å². The van der Waals surface area contributed by atoms with Gasteiger partial charge in [-0.05, 0) is 23.6 Å². The lowest BCUT2D eigenvalue weighted by Crippen LogP contribution is -2.43. The lowest BCUT2D eigenvalue weighted by molar-refractivity contribution is -0.122. The van der Waals surface area contributed by atoms with Crippen LogP contribution >= 0.6 is 35.1 Å². The van der Waals surface area contributed by atoms with E-state index in [1.54, 1.807) is 22.7 Å². The largest absolute Gasteiger partial charge is 0.360 e. The lowest BCUT2D eigenvalue weighted by atomic mass is 10.2. The lowest BCUT2D eigenvalue weighted by Gasteiger charge is -2.11. The van der Waals surface area contributed by atoms with Crippen molar-refractivity contribution in [3.05, 3.63) is 46.7 Å². The highest BCUT2D eigenvalue weighted by Crippen LogP contribution is 2.24. The molecule has 0 bridgehead atoms. The van der Waals surface area contributed by atoms with E-state index in [0.29, 0.717) is 19.5 Å². The van der Waals surface area contributed by atoms with Crippen molar-refractivity contribution in [2.45, 2.75) is 12.5 Å². The fourth-order valence-corrected chi connectivity index (χ4v) is 3.83. The second-order valence-corrected chi connectivity index (χ2v) is 7.16. The van der Waals surface area contributed by atoms with Gasteiger partial charge in [-0.2, -0.15) is 0 Å². The first-order valence-corrected chi connectivity index (χ1v) is 9.07. The van der Waals surface area contributed by atoms with E-state index >= 15 is 0 Å². The number of aromatic nitrogens is 1. The van der Waals surface area contributed by atoms with Crippen LogP contribution in [0, 0.1) is 0 Å². The Morgan fingerprint density at radius 1 is 1.21 bits per heavy atom. The molecule has 5 nitrogen and oxygen atoms in total. The molecular formula is C16H19ClN4OS2. The number of benzene rings is 1. The number of para-hydroxylation sites is 1. The third-order valence-electron chi connectivity index (χ3n) is 3.33. The summed E-state index contributed by atoms with van der Waals surface area (Å²) in [5, 5.41) is 8.93. The zero-order valence-corrected chi connectivity index (χ0v) is 15.3. The predicted octanol–water partition coefficient (Wildman–Crippen LogP) is 2.88. The minimum atomic E-state index is -0.504. The van der Waals surface area contributed by atoms with Crippen molar-refractivity contribution in [2.24, 2.45) is 5.73 Å². The van der Waals surface area contributed by atoms with Gasteiger partial charge in [0.25, 0.3) is 0 Å². The number of thiazole rings is 1. The molecular weight excluding hydrogens is 364 g/mol. The van der Waals surface area contributed by atoms with Gasteiger partial charge in [0.1, 0.15) is 0 Å². The number of nitrogens with two attached hydrogens (primary N) is 1. The van der Waals surface area contributed by atoms with Gasteiger partial charge in [-0.1, -0.05) is 29.5 Å². The standard InChI is InChI=1S/C16H18N4OS2.ClH/c17-12(10-11-4-3-9-22-11)15(21)18-7-8-19-16-20-13-5-1-2-6-14(13)23-16;/h1-6,9,12H,7-8,10,17H2,(H,18,21)(H,19,20);1H. The Labute approximate surface area is 154 Å². The van der Waals surface area contributed by atoms with Crippen LogP contribution in [0.5, 0.6) is 0 Å². The van der Waals surface area contributed by atoms with Gasteiger partial charge in [-0.25, -0.2) is 4.98 Å². The molecule has 1 unspecified atom stereocenters. The molecule has 4 N–H and O–H groups in total.